The summed E-state index contributed by atoms with van der Waals surface area (Å²) in [6, 6.07) is 0. The molecule has 0 amide bonds. The van der Waals surface area contributed by atoms with E-state index in [9.17, 15) is 4.57 Å². The standard InChI is InChI=1S/C9H21O4P/c1-5-8-9(4)13-14(10,11-6-2)12-7-3/h9H,5-8H2,1-4H3/t9-/m1/s1. The summed E-state index contributed by atoms with van der Waals surface area (Å²) >= 11 is 0. The van der Waals surface area contributed by atoms with Crippen molar-refractivity contribution in [3.8, 4) is 0 Å². The van der Waals surface area contributed by atoms with Crippen LogP contribution in [0.3, 0.4) is 0 Å². The van der Waals surface area contributed by atoms with E-state index in [-0.39, 0.29) is 6.10 Å². The highest BCUT2D eigenvalue weighted by atomic mass is 31.2. The minimum Gasteiger partial charge on any atom is -0.287 e. The first-order valence-electron chi connectivity index (χ1n) is 5.15. The van der Waals surface area contributed by atoms with Crippen LogP contribution < -0.4 is 0 Å². The van der Waals surface area contributed by atoms with Crippen LogP contribution in [0.25, 0.3) is 0 Å². The lowest BCUT2D eigenvalue weighted by Crippen LogP contribution is -2.09. The first-order chi connectivity index (χ1) is 6.58. The third kappa shape index (κ3) is 5.76. The third-order valence-electron chi connectivity index (χ3n) is 1.58. The highest BCUT2D eigenvalue weighted by Gasteiger charge is 2.27. The van der Waals surface area contributed by atoms with Gasteiger partial charge >= 0.3 is 7.82 Å². The Labute approximate surface area is 86.5 Å². The van der Waals surface area contributed by atoms with E-state index in [1.807, 2.05) is 13.8 Å². The highest BCUT2D eigenvalue weighted by Crippen LogP contribution is 2.50. The molecule has 0 aliphatic carbocycles. The van der Waals surface area contributed by atoms with Crippen molar-refractivity contribution in [1.29, 1.82) is 0 Å². The largest absolute Gasteiger partial charge is 0.475 e. The minimum absolute atomic E-state index is 0.0936. The normalized spacial score (nSPS) is 14.3. The van der Waals surface area contributed by atoms with Crippen LogP contribution in [0.5, 0.6) is 0 Å². The van der Waals surface area contributed by atoms with Gasteiger partial charge < -0.3 is 0 Å². The van der Waals surface area contributed by atoms with Crippen LogP contribution >= 0.6 is 7.82 Å². The van der Waals surface area contributed by atoms with E-state index in [0.29, 0.717) is 13.2 Å². The zero-order valence-corrected chi connectivity index (χ0v) is 10.4. The van der Waals surface area contributed by atoms with Crippen LogP contribution in [0, 0.1) is 0 Å². The van der Waals surface area contributed by atoms with Gasteiger partial charge in [0, 0.05) is 0 Å². The maximum absolute atomic E-state index is 11.8. The van der Waals surface area contributed by atoms with Crippen molar-refractivity contribution in [3.05, 3.63) is 0 Å². The Morgan fingerprint density at radius 2 is 1.64 bits per heavy atom. The average Bonchev–Trinajstić information content (AvgIpc) is 2.04. The van der Waals surface area contributed by atoms with Gasteiger partial charge in [0.1, 0.15) is 0 Å². The van der Waals surface area contributed by atoms with E-state index < -0.39 is 7.82 Å². The smallest absolute Gasteiger partial charge is 0.287 e. The van der Waals surface area contributed by atoms with Crippen molar-refractivity contribution in [2.24, 2.45) is 0 Å². The van der Waals surface area contributed by atoms with Crippen LogP contribution in [-0.4, -0.2) is 19.3 Å². The number of rotatable bonds is 8. The molecule has 0 aromatic carbocycles. The first-order valence-corrected chi connectivity index (χ1v) is 6.61. The van der Waals surface area contributed by atoms with Crippen molar-refractivity contribution in [1.82, 2.24) is 0 Å². The van der Waals surface area contributed by atoms with Crippen molar-refractivity contribution in [2.75, 3.05) is 13.2 Å². The van der Waals surface area contributed by atoms with Gasteiger partial charge in [-0.05, 0) is 27.2 Å². The molecule has 0 rings (SSSR count). The average molecular weight is 224 g/mol. The van der Waals surface area contributed by atoms with E-state index in [1.54, 1.807) is 13.8 Å². The summed E-state index contributed by atoms with van der Waals surface area (Å²) in [6.45, 7) is 8.10. The van der Waals surface area contributed by atoms with Gasteiger partial charge in [0.15, 0.2) is 0 Å². The summed E-state index contributed by atoms with van der Waals surface area (Å²) in [7, 11) is -3.31. The number of phosphoric acid groups is 1. The molecule has 86 valence electrons. The molecule has 0 radical (unpaired) electrons. The Balaban J connectivity index is 4.13. The fourth-order valence-electron chi connectivity index (χ4n) is 1.09. The Kier molecular flexibility index (Phi) is 7.47. The van der Waals surface area contributed by atoms with Gasteiger partial charge in [-0.25, -0.2) is 4.57 Å². The van der Waals surface area contributed by atoms with Gasteiger partial charge in [0.25, 0.3) is 0 Å². The van der Waals surface area contributed by atoms with Crippen molar-refractivity contribution in [2.45, 2.75) is 46.6 Å². The summed E-state index contributed by atoms with van der Waals surface area (Å²) < 4.78 is 27.1. The van der Waals surface area contributed by atoms with E-state index >= 15 is 0 Å². The Morgan fingerprint density at radius 1 is 1.14 bits per heavy atom. The van der Waals surface area contributed by atoms with Gasteiger partial charge in [-0.2, -0.15) is 0 Å². The van der Waals surface area contributed by atoms with Gasteiger partial charge in [0.05, 0.1) is 19.3 Å². The Hall–Kier alpha value is 0.110. The molecular weight excluding hydrogens is 203 g/mol. The van der Waals surface area contributed by atoms with Crippen molar-refractivity contribution in [3.63, 3.8) is 0 Å². The van der Waals surface area contributed by atoms with Gasteiger partial charge in [-0.15, -0.1) is 0 Å². The van der Waals surface area contributed by atoms with Gasteiger partial charge in [-0.1, -0.05) is 13.3 Å². The maximum Gasteiger partial charge on any atom is 0.475 e. The number of hydrogen-bond donors (Lipinski definition) is 0. The predicted octanol–water partition coefficient (Wildman–Crippen LogP) is 3.37. The van der Waals surface area contributed by atoms with E-state index in [2.05, 4.69) is 0 Å². The SMILES string of the molecule is CCC[C@@H](C)OP(=O)(OCC)OCC. The molecule has 0 aliphatic heterocycles. The molecule has 14 heavy (non-hydrogen) atoms. The lowest BCUT2D eigenvalue weighted by Gasteiger charge is -2.20. The molecule has 0 unspecified atom stereocenters. The molecule has 0 saturated heterocycles. The van der Waals surface area contributed by atoms with E-state index in [4.69, 9.17) is 13.6 Å². The lowest BCUT2D eigenvalue weighted by atomic mass is 10.2. The van der Waals surface area contributed by atoms with Crippen LogP contribution in [0.1, 0.15) is 40.5 Å². The van der Waals surface area contributed by atoms with Crippen LogP contribution in [0.15, 0.2) is 0 Å². The molecule has 0 spiro atoms. The molecule has 0 saturated carbocycles. The third-order valence-corrected chi connectivity index (χ3v) is 3.35. The first kappa shape index (κ1) is 14.1. The molecule has 1 atom stereocenters. The van der Waals surface area contributed by atoms with Crippen LogP contribution in [0.2, 0.25) is 0 Å². The molecule has 4 nitrogen and oxygen atoms in total. The zero-order chi connectivity index (χ0) is 11.0. The minimum atomic E-state index is -3.31. The summed E-state index contributed by atoms with van der Waals surface area (Å²) in [5.41, 5.74) is 0. The summed E-state index contributed by atoms with van der Waals surface area (Å²) in [6.07, 6.45) is 1.74. The second-order valence-electron chi connectivity index (χ2n) is 2.99. The van der Waals surface area contributed by atoms with E-state index in [1.165, 1.54) is 0 Å². The molecule has 0 aliphatic rings. The van der Waals surface area contributed by atoms with Crippen LogP contribution in [-0.2, 0) is 18.1 Å². The lowest BCUT2D eigenvalue weighted by molar-refractivity contribution is 0.0871. The maximum atomic E-state index is 11.8. The van der Waals surface area contributed by atoms with E-state index in [0.717, 1.165) is 12.8 Å². The predicted molar refractivity (Wildman–Crippen MR) is 56.3 cm³/mol. The van der Waals surface area contributed by atoms with Gasteiger partial charge in [0.2, 0.25) is 0 Å². The van der Waals surface area contributed by atoms with Crippen LogP contribution in [0.4, 0.5) is 0 Å². The summed E-state index contributed by atoms with van der Waals surface area (Å²) in [5, 5.41) is 0. The fourth-order valence-corrected chi connectivity index (χ4v) is 2.47. The molecule has 0 fully saturated rings. The zero-order valence-electron chi connectivity index (χ0n) is 9.49. The fraction of sp³-hybridized carbons (Fsp3) is 1.00. The monoisotopic (exact) mass is 224 g/mol. The topological polar surface area (TPSA) is 44.8 Å². The molecule has 0 aromatic rings. The molecule has 0 bridgehead atoms. The molecule has 0 aromatic heterocycles. The van der Waals surface area contributed by atoms with Gasteiger partial charge in [-0.3, -0.25) is 13.6 Å². The Bertz CT molecular complexity index is 174. The second-order valence-corrected chi connectivity index (χ2v) is 4.61. The molecular formula is C9H21O4P. The Morgan fingerprint density at radius 3 is 2.00 bits per heavy atom. The summed E-state index contributed by atoms with van der Waals surface area (Å²) in [5.74, 6) is 0. The highest BCUT2D eigenvalue weighted by molar-refractivity contribution is 7.48. The van der Waals surface area contributed by atoms with Crippen molar-refractivity contribution >= 4 is 7.82 Å². The summed E-state index contributed by atoms with van der Waals surface area (Å²) in [4.78, 5) is 0. The quantitative estimate of drug-likeness (QED) is 0.593. The second kappa shape index (κ2) is 7.41. The molecule has 0 heterocycles. The number of phosphoric ester groups is 1. The number of hydrogen-bond acceptors (Lipinski definition) is 4. The molecule has 5 heteroatoms. The van der Waals surface area contributed by atoms with Crippen molar-refractivity contribution < 1.29 is 18.1 Å². The molecule has 0 N–H and O–H groups in total.